The third-order valence-corrected chi connectivity index (χ3v) is 7.40. The van der Waals surface area contributed by atoms with Crippen LogP contribution in [0.4, 0.5) is 10.3 Å². The van der Waals surface area contributed by atoms with Crippen molar-refractivity contribution in [3.8, 4) is 5.75 Å². The molecule has 1 aliphatic heterocycles. The van der Waals surface area contributed by atoms with E-state index in [-0.39, 0.29) is 0 Å². The van der Waals surface area contributed by atoms with Gasteiger partial charge in [-0.3, -0.25) is 0 Å². The lowest BCUT2D eigenvalue weighted by Gasteiger charge is -2.34. The summed E-state index contributed by atoms with van der Waals surface area (Å²) in [4.78, 5) is 14.4. The molecule has 0 spiro atoms. The second-order valence-electron chi connectivity index (χ2n) is 6.39. The lowest BCUT2D eigenvalue weighted by atomic mass is 10.3. The van der Waals surface area contributed by atoms with Gasteiger partial charge in [0.1, 0.15) is 11.3 Å². The Balaban J connectivity index is 1.35. The molecule has 4 aromatic rings. The molecule has 27 heavy (non-hydrogen) atoms. The predicted octanol–water partition coefficient (Wildman–Crippen LogP) is 5.00. The van der Waals surface area contributed by atoms with Crippen LogP contribution in [-0.2, 0) is 0 Å². The fourth-order valence-electron chi connectivity index (χ4n) is 3.32. The maximum absolute atomic E-state index is 5.45. The molecular formula is C19H17BrN4OS2. The van der Waals surface area contributed by atoms with Gasteiger partial charge in [-0.25, -0.2) is 9.97 Å². The minimum Gasteiger partial charge on any atom is -0.494 e. The molecule has 5 nitrogen and oxygen atoms in total. The van der Waals surface area contributed by atoms with Crippen molar-refractivity contribution >= 4 is 69.3 Å². The van der Waals surface area contributed by atoms with E-state index in [1.165, 1.54) is 9.40 Å². The number of anilines is 2. The monoisotopic (exact) mass is 460 g/mol. The summed E-state index contributed by atoms with van der Waals surface area (Å²) in [5.41, 5.74) is 2.03. The second kappa shape index (κ2) is 6.92. The van der Waals surface area contributed by atoms with Crippen molar-refractivity contribution in [1.29, 1.82) is 0 Å². The van der Waals surface area contributed by atoms with Crippen LogP contribution in [0, 0.1) is 0 Å². The molecule has 0 N–H and O–H groups in total. The molecule has 0 bridgehead atoms. The van der Waals surface area contributed by atoms with Gasteiger partial charge in [0.25, 0.3) is 0 Å². The molecule has 0 amide bonds. The van der Waals surface area contributed by atoms with E-state index in [2.05, 4.69) is 43.9 Å². The molecule has 2 aromatic heterocycles. The van der Waals surface area contributed by atoms with Crippen molar-refractivity contribution in [2.24, 2.45) is 0 Å². The summed E-state index contributed by atoms with van der Waals surface area (Å²) in [5, 5.41) is 2.18. The SMILES string of the molecule is COc1cccc2sc(N3CCN(c4nc5ccc(Br)cc5s4)CC3)nc12. The Kier molecular flexibility index (Phi) is 4.41. The normalized spacial score (nSPS) is 15.0. The standard InChI is InChI=1S/C19H17BrN4OS2/c1-25-14-3-2-4-15-17(14)22-19(26-15)24-9-7-23(8-10-24)18-21-13-6-5-12(20)11-16(13)27-18/h2-6,11H,7-10H2,1H3. The Morgan fingerprint density at radius 1 is 0.926 bits per heavy atom. The maximum atomic E-state index is 5.45. The zero-order chi connectivity index (χ0) is 18.4. The number of methoxy groups -OCH3 is 1. The van der Waals surface area contributed by atoms with Gasteiger partial charge in [0.2, 0.25) is 0 Å². The molecule has 3 heterocycles. The number of rotatable bonds is 3. The predicted molar refractivity (Wildman–Crippen MR) is 118 cm³/mol. The van der Waals surface area contributed by atoms with Gasteiger partial charge in [0.05, 0.1) is 22.0 Å². The molecule has 138 valence electrons. The van der Waals surface area contributed by atoms with Crippen LogP contribution in [-0.4, -0.2) is 43.3 Å². The minimum atomic E-state index is 0.842. The molecule has 1 saturated heterocycles. The smallest absolute Gasteiger partial charge is 0.186 e. The van der Waals surface area contributed by atoms with Crippen molar-refractivity contribution in [2.75, 3.05) is 43.1 Å². The Labute approximate surface area is 173 Å². The number of halogens is 1. The number of fused-ring (bicyclic) bond motifs is 2. The Bertz CT molecular complexity index is 1120. The van der Waals surface area contributed by atoms with Crippen LogP contribution < -0.4 is 14.5 Å². The highest BCUT2D eigenvalue weighted by Gasteiger charge is 2.22. The van der Waals surface area contributed by atoms with E-state index < -0.39 is 0 Å². The largest absolute Gasteiger partial charge is 0.494 e. The first-order valence-corrected chi connectivity index (χ1v) is 11.1. The summed E-state index contributed by atoms with van der Waals surface area (Å²) >= 11 is 7.03. The molecular weight excluding hydrogens is 444 g/mol. The first-order chi connectivity index (χ1) is 13.2. The minimum absolute atomic E-state index is 0.842. The zero-order valence-corrected chi connectivity index (χ0v) is 17.9. The first kappa shape index (κ1) is 17.2. The number of para-hydroxylation sites is 1. The Morgan fingerprint density at radius 2 is 1.63 bits per heavy atom. The molecule has 2 aromatic carbocycles. The van der Waals surface area contributed by atoms with Crippen LogP contribution in [0.2, 0.25) is 0 Å². The average Bonchev–Trinajstić information content (AvgIpc) is 3.31. The van der Waals surface area contributed by atoms with E-state index in [9.17, 15) is 0 Å². The highest BCUT2D eigenvalue weighted by molar-refractivity contribution is 9.10. The number of aromatic nitrogens is 2. The number of benzene rings is 2. The van der Waals surface area contributed by atoms with Crippen molar-refractivity contribution in [2.45, 2.75) is 0 Å². The second-order valence-corrected chi connectivity index (χ2v) is 9.32. The van der Waals surface area contributed by atoms with Crippen LogP contribution in [0.3, 0.4) is 0 Å². The molecule has 0 saturated carbocycles. The summed E-state index contributed by atoms with van der Waals surface area (Å²) in [6.45, 7) is 3.80. The van der Waals surface area contributed by atoms with Crippen molar-refractivity contribution in [1.82, 2.24) is 9.97 Å². The van der Waals surface area contributed by atoms with E-state index in [0.29, 0.717) is 0 Å². The number of nitrogens with zero attached hydrogens (tertiary/aromatic N) is 4. The zero-order valence-electron chi connectivity index (χ0n) is 14.7. The van der Waals surface area contributed by atoms with E-state index in [1.54, 1.807) is 29.8 Å². The van der Waals surface area contributed by atoms with E-state index >= 15 is 0 Å². The van der Waals surface area contributed by atoms with Crippen molar-refractivity contribution in [3.05, 3.63) is 40.9 Å². The summed E-state index contributed by atoms with van der Waals surface area (Å²) in [7, 11) is 1.70. The number of ether oxygens (including phenoxy) is 1. The molecule has 0 radical (unpaired) electrons. The molecule has 5 rings (SSSR count). The van der Waals surface area contributed by atoms with E-state index in [1.807, 2.05) is 18.2 Å². The fourth-order valence-corrected chi connectivity index (χ4v) is 5.93. The summed E-state index contributed by atoms with van der Waals surface area (Å²) in [5.74, 6) is 0.842. The Morgan fingerprint density at radius 3 is 2.37 bits per heavy atom. The van der Waals surface area contributed by atoms with E-state index in [4.69, 9.17) is 14.7 Å². The topological polar surface area (TPSA) is 41.5 Å². The van der Waals surface area contributed by atoms with Gasteiger partial charge < -0.3 is 14.5 Å². The number of hydrogen-bond donors (Lipinski definition) is 0. The van der Waals surface area contributed by atoms with Crippen LogP contribution >= 0.6 is 38.6 Å². The van der Waals surface area contributed by atoms with Crippen LogP contribution in [0.15, 0.2) is 40.9 Å². The lowest BCUT2D eigenvalue weighted by Crippen LogP contribution is -2.46. The van der Waals surface area contributed by atoms with Gasteiger partial charge in [-0.1, -0.05) is 44.7 Å². The molecule has 8 heteroatoms. The van der Waals surface area contributed by atoms with Crippen LogP contribution in [0.25, 0.3) is 20.4 Å². The molecule has 0 aliphatic carbocycles. The number of hydrogen-bond acceptors (Lipinski definition) is 7. The van der Waals surface area contributed by atoms with Crippen LogP contribution in [0.1, 0.15) is 0 Å². The summed E-state index contributed by atoms with van der Waals surface area (Å²) < 4.78 is 8.94. The molecule has 0 unspecified atom stereocenters. The van der Waals surface area contributed by atoms with Gasteiger partial charge in [-0.15, -0.1) is 0 Å². The third-order valence-electron chi connectivity index (χ3n) is 4.75. The first-order valence-electron chi connectivity index (χ1n) is 8.71. The van der Waals surface area contributed by atoms with Crippen molar-refractivity contribution in [3.63, 3.8) is 0 Å². The average molecular weight is 461 g/mol. The third kappa shape index (κ3) is 3.15. The fraction of sp³-hybridized carbons (Fsp3) is 0.263. The summed E-state index contributed by atoms with van der Waals surface area (Å²) in [6, 6.07) is 12.4. The highest BCUT2D eigenvalue weighted by Crippen LogP contribution is 2.35. The quantitative estimate of drug-likeness (QED) is 0.430. The van der Waals surface area contributed by atoms with Gasteiger partial charge in [0, 0.05) is 30.7 Å². The Hall–Kier alpha value is -1.90. The van der Waals surface area contributed by atoms with Gasteiger partial charge in [0.15, 0.2) is 10.3 Å². The number of thiazole rings is 2. The van der Waals surface area contributed by atoms with Crippen molar-refractivity contribution < 1.29 is 4.74 Å². The van der Waals surface area contributed by atoms with E-state index in [0.717, 1.165) is 57.7 Å². The van der Waals surface area contributed by atoms with Gasteiger partial charge in [-0.05, 0) is 30.3 Å². The molecule has 1 fully saturated rings. The van der Waals surface area contributed by atoms with Gasteiger partial charge >= 0.3 is 0 Å². The van der Waals surface area contributed by atoms with Crippen LogP contribution in [0.5, 0.6) is 5.75 Å². The molecule has 0 atom stereocenters. The molecule has 1 aliphatic rings. The maximum Gasteiger partial charge on any atom is 0.186 e. The number of piperazine rings is 1. The van der Waals surface area contributed by atoms with Gasteiger partial charge in [-0.2, -0.15) is 0 Å². The highest BCUT2D eigenvalue weighted by atomic mass is 79.9. The summed E-state index contributed by atoms with van der Waals surface area (Å²) in [6.07, 6.45) is 0. The lowest BCUT2D eigenvalue weighted by molar-refractivity contribution is 0.419.